The van der Waals surface area contributed by atoms with Crippen molar-refractivity contribution in [1.29, 1.82) is 0 Å². The third kappa shape index (κ3) is 4.35. The second-order valence-corrected chi connectivity index (χ2v) is 2.20. The van der Waals surface area contributed by atoms with Crippen LogP contribution in [0.1, 0.15) is 5.56 Å². The minimum Gasteiger partial charge on any atom is -1.00 e. The molecule has 1 heterocycles. The number of rotatable bonds is 0. The molecule has 68 valence electrons. The van der Waals surface area contributed by atoms with Gasteiger partial charge >= 0.3 is 29.2 Å². The Balaban J connectivity index is 0. The number of alkyl halides is 3. The molecular weight excluding hydrogens is 238 g/mol. The van der Waals surface area contributed by atoms with Crippen LogP contribution in [0.25, 0.3) is 0 Å². The quantitative estimate of drug-likeness (QED) is 0.426. The van der Waals surface area contributed by atoms with Crippen molar-refractivity contribution in [3.8, 4) is 0 Å². The van der Waals surface area contributed by atoms with E-state index < -0.39 is 11.7 Å². The second-order valence-electron chi connectivity index (χ2n) is 1.79. The molecule has 1 nitrogen and oxygen atoms in total. The van der Waals surface area contributed by atoms with E-state index in [1.165, 1.54) is 0 Å². The van der Waals surface area contributed by atoms with Crippen molar-refractivity contribution in [3.05, 3.63) is 29.0 Å². The monoisotopic (exact) mass is 239 g/mol. The van der Waals surface area contributed by atoms with Gasteiger partial charge in [0.25, 0.3) is 0 Å². The third-order valence-corrected chi connectivity index (χ3v) is 1.33. The summed E-state index contributed by atoms with van der Waals surface area (Å²) in [6.45, 7) is 0. The van der Waals surface area contributed by atoms with Gasteiger partial charge in [0.1, 0.15) is 0 Å². The summed E-state index contributed by atoms with van der Waals surface area (Å²) in [5.41, 5.74) is -0.932. The van der Waals surface area contributed by atoms with Crippen molar-refractivity contribution in [2.45, 2.75) is 6.18 Å². The molecule has 7 heteroatoms. The molecule has 0 aliphatic heterocycles. The Morgan fingerprint density at radius 3 is 2.23 bits per heavy atom. The van der Waals surface area contributed by atoms with Gasteiger partial charge < -0.3 is 17.4 Å². The van der Waals surface area contributed by atoms with Crippen LogP contribution in [0.3, 0.4) is 0 Å². The van der Waals surface area contributed by atoms with E-state index in [0.717, 1.165) is 6.07 Å². The van der Waals surface area contributed by atoms with Crippen molar-refractivity contribution < 1.29 is 25.6 Å². The number of aromatic nitrogens is 1. The van der Waals surface area contributed by atoms with Gasteiger partial charge in [0, 0.05) is 0 Å². The molecule has 0 aromatic carbocycles. The van der Waals surface area contributed by atoms with Gasteiger partial charge in [0.2, 0.25) is 0 Å². The van der Waals surface area contributed by atoms with Gasteiger partial charge in [0.15, 0.2) is 0 Å². The van der Waals surface area contributed by atoms with E-state index in [-0.39, 0.29) is 40.5 Å². The average Bonchev–Trinajstić information content (AvgIpc) is 1.86. The first kappa shape index (κ1) is 15.7. The average molecular weight is 240 g/mol. The van der Waals surface area contributed by atoms with Gasteiger partial charge in [-0.15, -0.1) is 6.07 Å². The molecule has 0 atom stereocenters. The molecule has 0 N–H and O–H groups in total. The number of halogens is 5. The third-order valence-electron chi connectivity index (χ3n) is 1.02. The summed E-state index contributed by atoms with van der Waals surface area (Å²) in [5, 5.41) is -0.382. The molecule has 0 radical (unpaired) electrons. The van der Waals surface area contributed by atoms with Crippen LogP contribution in [0.2, 0.25) is 5.02 Å². The first-order valence-electron chi connectivity index (χ1n) is 2.60. The van der Waals surface area contributed by atoms with E-state index in [0.29, 0.717) is 6.20 Å². The molecule has 1 rings (SSSR count). The van der Waals surface area contributed by atoms with Crippen molar-refractivity contribution >= 4 is 34.7 Å². The number of hydrogen-bond acceptors (Lipinski definition) is 1. The molecule has 0 amide bonds. The molecule has 0 saturated heterocycles. The van der Waals surface area contributed by atoms with Crippen molar-refractivity contribution in [2.24, 2.45) is 0 Å². The molecule has 0 unspecified atom stereocenters. The maximum absolute atomic E-state index is 11.9. The Labute approximate surface area is 100 Å². The molecule has 0 fully saturated rings. The Kier molecular flexibility index (Phi) is 7.15. The fourth-order valence-corrected chi connectivity index (χ4v) is 0.749. The van der Waals surface area contributed by atoms with Crippen LogP contribution in [0.4, 0.5) is 13.2 Å². The summed E-state index contributed by atoms with van der Waals surface area (Å²) in [6, 6.07) is 0.977. The molecular formula is C6H2Cl2F3MgN. The second kappa shape index (κ2) is 5.90. The first-order chi connectivity index (χ1) is 5.02. The summed E-state index contributed by atoms with van der Waals surface area (Å²) in [6.07, 6.45) is -1.60. The molecule has 0 aliphatic rings. The topological polar surface area (TPSA) is 12.9 Å². The van der Waals surface area contributed by atoms with Gasteiger partial charge in [0.05, 0.1) is 0 Å². The number of pyridine rings is 1. The summed E-state index contributed by atoms with van der Waals surface area (Å²) < 4.78 is 35.7. The standard InChI is InChI=1S/C6H2ClF3N.ClH.Mg/c7-5-1-2-11-3-4(5)6(8,9)10;;/h1,3H;1H;/q-1;;+2/p-1. The summed E-state index contributed by atoms with van der Waals surface area (Å²) in [5.74, 6) is 0. The predicted octanol–water partition coefficient (Wildman–Crippen LogP) is -0.823. The van der Waals surface area contributed by atoms with Crippen LogP contribution in [0, 0.1) is 6.20 Å². The van der Waals surface area contributed by atoms with Gasteiger partial charge in [-0.3, -0.25) is 0 Å². The van der Waals surface area contributed by atoms with Crippen LogP contribution in [0.15, 0.2) is 12.3 Å². The zero-order chi connectivity index (χ0) is 8.48. The van der Waals surface area contributed by atoms with Crippen LogP contribution in [0.5, 0.6) is 0 Å². The molecule has 13 heavy (non-hydrogen) atoms. The largest absolute Gasteiger partial charge is 2.00 e. The van der Waals surface area contributed by atoms with E-state index in [1.807, 2.05) is 0 Å². The maximum Gasteiger partial charge on any atom is 2.00 e. The van der Waals surface area contributed by atoms with Crippen LogP contribution in [-0.4, -0.2) is 28.0 Å². The van der Waals surface area contributed by atoms with Crippen molar-refractivity contribution in [3.63, 3.8) is 0 Å². The fraction of sp³-hybridized carbons (Fsp3) is 0.167. The van der Waals surface area contributed by atoms with E-state index >= 15 is 0 Å². The van der Waals surface area contributed by atoms with E-state index in [1.54, 1.807) is 0 Å². The van der Waals surface area contributed by atoms with Crippen molar-refractivity contribution in [1.82, 2.24) is 4.98 Å². The Hall–Kier alpha value is 0.286. The van der Waals surface area contributed by atoms with Gasteiger partial charge in [-0.1, -0.05) is 17.4 Å². The molecule has 0 spiro atoms. The van der Waals surface area contributed by atoms with E-state index in [2.05, 4.69) is 11.2 Å². The molecule has 1 aromatic rings. The van der Waals surface area contributed by atoms with Crippen molar-refractivity contribution in [2.75, 3.05) is 0 Å². The van der Waals surface area contributed by atoms with Gasteiger partial charge in [-0.2, -0.15) is 24.8 Å². The molecule has 1 aromatic heterocycles. The van der Waals surface area contributed by atoms with Gasteiger partial charge in [-0.25, -0.2) is 0 Å². The number of hydrogen-bond donors (Lipinski definition) is 0. The van der Waals surface area contributed by atoms with Crippen LogP contribution < -0.4 is 12.4 Å². The Bertz CT molecular complexity index is 266. The summed E-state index contributed by atoms with van der Waals surface area (Å²) in [7, 11) is 0. The summed E-state index contributed by atoms with van der Waals surface area (Å²) >= 11 is 5.22. The fourth-order valence-electron chi connectivity index (χ4n) is 0.544. The SMILES string of the molecule is FC(F)(F)c1cn[c-]cc1Cl.[Cl-].[Mg+2]. The molecule has 0 bridgehead atoms. The normalized spacial score (nSPS) is 9.85. The predicted molar refractivity (Wildman–Crippen MR) is 38.8 cm³/mol. The first-order valence-corrected chi connectivity index (χ1v) is 2.98. The Morgan fingerprint density at radius 1 is 1.38 bits per heavy atom. The zero-order valence-electron chi connectivity index (χ0n) is 6.20. The minimum atomic E-state index is -4.43. The smallest absolute Gasteiger partial charge is 1.00 e. The zero-order valence-corrected chi connectivity index (χ0v) is 9.12. The summed E-state index contributed by atoms with van der Waals surface area (Å²) in [4.78, 5) is 3.18. The van der Waals surface area contributed by atoms with E-state index in [9.17, 15) is 13.2 Å². The minimum absolute atomic E-state index is 0. The Morgan fingerprint density at radius 2 is 1.92 bits per heavy atom. The number of nitrogens with zero attached hydrogens (tertiary/aromatic N) is 1. The van der Waals surface area contributed by atoms with Crippen LogP contribution >= 0.6 is 11.6 Å². The maximum atomic E-state index is 11.9. The van der Waals surface area contributed by atoms with Crippen LogP contribution in [-0.2, 0) is 6.18 Å². The van der Waals surface area contributed by atoms with E-state index in [4.69, 9.17) is 11.6 Å². The van der Waals surface area contributed by atoms with Gasteiger partial charge in [-0.05, 0) is 5.56 Å². The molecule has 0 aliphatic carbocycles. The molecule has 0 saturated carbocycles.